The van der Waals surface area contributed by atoms with Crippen molar-refractivity contribution in [3.8, 4) is 0 Å². The highest BCUT2D eigenvalue weighted by atomic mass is 16.5. The van der Waals surface area contributed by atoms with E-state index in [4.69, 9.17) is 15.0 Å². The molecule has 2 aliphatic rings. The average Bonchev–Trinajstić information content (AvgIpc) is 3.13. The van der Waals surface area contributed by atoms with E-state index < -0.39 is 18.2 Å². The number of fused-ring (bicyclic) bond motifs is 4. The van der Waals surface area contributed by atoms with E-state index >= 15 is 0 Å². The van der Waals surface area contributed by atoms with Crippen molar-refractivity contribution in [1.82, 2.24) is 5.32 Å². The van der Waals surface area contributed by atoms with Crippen LogP contribution < -0.4 is 5.32 Å². The standard InChI is InChI=1S/C21H18N4O5/c1-23-21(28)30-9-10-7-14-17(13-8-15(24-25-22)20(29-2)16(10)13)19(27)12-6-4-3-5-11(12)18(14)26/h3-7,15,20H,8-9H2,1-2H3,(H,23,28)/t15-,20+/m1/s1. The summed E-state index contributed by atoms with van der Waals surface area (Å²) in [6.45, 7) is -0.124. The van der Waals surface area contributed by atoms with E-state index in [1.807, 2.05) is 0 Å². The number of ketones is 2. The Kier molecular flexibility index (Phi) is 4.99. The van der Waals surface area contributed by atoms with E-state index in [1.54, 1.807) is 30.3 Å². The molecule has 0 heterocycles. The van der Waals surface area contributed by atoms with Crippen LogP contribution in [0.2, 0.25) is 0 Å². The minimum atomic E-state index is -0.632. The summed E-state index contributed by atoms with van der Waals surface area (Å²) in [5.74, 6) is -0.531. The zero-order valence-corrected chi connectivity index (χ0v) is 16.3. The summed E-state index contributed by atoms with van der Waals surface area (Å²) in [5, 5.41) is 6.19. The van der Waals surface area contributed by atoms with Crippen LogP contribution in [0.4, 0.5) is 4.79 Å². The summed E-state index contributed by atoms with van der Waals surface area (Å²) in [6, 6.07) is 7.66. The number of carbonyl (C=O) groups is 3. The van der Waals surface area contributed by atoms with Crippen molar-refractivity contribution < 1.29 is 23.9 Å². The van der Waals surface area contributed by atoms with Crippen LogP contribution in [0.25, 0.3) is 10.4 Å². The molecule has 9 nitrogen and oxygen atoms in total. The molecule has 30 heavy (non-hydrogen) atoms. The number of carbonyl (C=O) groups excluding carboxylic acids is 3. The predicted molar refractivity (Wildman–Crippen MR) is 105 cm³/mol. The molecular weight excluding hydrogens is 388 g/mol. The number of nitrogens with zero attached hydrogens (tertiary/aromatic N) is 3. The SMILES string of the molecule is CNC(=O)OCc1cc2c(c3c1[C@@H](OC)[C@H](N=[N+]=[N-])C3)C(=O)c1ccccc1C2=O. The van der Waals surface area contributed by atoms with Gasteiger partial charge in [-0.2, -0.15) is 0 Å². The molecule has 0 spiro atoms. The van der Waals surface area contributed by atoms with Crippen molar-refractivity contribution in [3.63, 3.8) is 0 Å². The Morgan fingerprint density at radius 2 is 1.93 bits per heavy atom. The van der Waals surface area contributed by atoms with E-state index in [9.17, 15) is 14.4 Å². The molecule has 0 bridgehead atoms. The first-order valence-electron chi connectivity index (χ1n) is 9.30. The molecule has 0 aromatic heterocycles. The molecule has 2 aromatic carbocycles. The number of alkyl carbamates (subject to hydrolysis) is 1. The van der Waals surface area contributed by atoms with Crippen molar-refractivity contribution >= 4 is 17.7 Å². The molecule has 0 unspecified atom stereocenters. The van der Waals surface area contributed by atoms with Gasteiger partial charge >= 0.3 is 6.09 Å². The third kappa shape index (κ3) is 2.92. The van der Waals surface area contributed by atoms with E-state index in [-0.39, 0.29) is 30.2 Å². The Labute approximate surface area is 171 Å². The van der Waals surface area contributed by atoms with Crippen molar-refractivity contribution in [2.75, 3.05) is 14.2 Å². The largest absolute Gasteiger partial charge is 0.445 e. The summed E-state index contributed by atoms with van der Waals surface area (Å²) < 4.78 is 10.8. The molecule has 2 aromatic rings. The molecule has 2 atom stereocenters. The molecular formula is C21H18N4O5. The molecule has 0 saturated heterocycles. The van der Waals surface area contributed by atoms with Gasteiger partial charge in [0.1, 0.15) is 6.61 Å². The minimum Gasteiger partial charge on any atom is -0.445 e. The number of methoxy groups -OCH3 is 1. The lowest BCUT2D eigenvalue weighted by atomic mass is 9.79. The number of ether oxygens (including phenoxy) is 2. The molecule has 0 aliphatic heterocycles. The molecule has 1 N–H and O–H groups in total. The summed E-state index contributed by atoms with van der Waals surface area (Å²) in [7, 11) is 2.92. The fourth-order valence-corrected chi connectivity index (χ4v) is 4.27. The van der Waals surface area contributed by atoms with E-state index in [1.165, 1.54) is 14.2 Å². The number of hydrogen-bond donors (Lipinski definition) is 1. The summed E-state index contributed by atoms with van der Waals surface area (Å²) in [6.07, 6.45) is -1.01. The second-order valence-corrected chi connectivity index (χ2v) is 7.01. The Morgan fingerprint density at radius 1 is 1.23 bits per heavy atom. The first-order chi connectivity index (χ1) is 14.5. The Bertz CT molecular complexity index is 1140. The number of rotatable bonds is 4. The van der Waals surface area contributed by atoms with Crippen LogP contribution in [0.1, 0.15) is 54.6 Å². The lowest BCUT2D eigenvalue weighted by molar-refractivity contribution is 0.0875. The van der Waals surface area contributed by atoms with Gasteiger partial charge in [-0.15, -0.1) is 0 Å². The zero-order valence-electron chi connectivity index (χ0n) is 16.3. The molecule has 9 heteroatoms. The Balaban J connectivity index is 1.94. The molecule has 2 aliphatic carbocycles. The van der Waals surface area contributed by atoms with Crippen molar-refractivity contribution in [2.45, 2.75) is 25.2 Å². The quantitative estimate of drug-likeness (QED) is 0.404. The fourth-order valence-electron chi connectivity index (χ4n) is 4.27. The van der Waals surface area contributed by atoms with Gasteiger partial charge in [0, 0.05) is 41.3 Å². The van der Waals surface area contributed by atoms with Gasteiger partial charge in [-0.1, -0.05) is 29.4 Å². The third-order valence-electron chi connectivity index (χ3n) is 5.51. The Hall–Kier alpha value is -3.68. The van der Waals surface area contributed by atoms with Crippen molar-refractivity contribution in [1.29, 1.82) is 0 Å². The maximum atomic E-state index is 13.3. The Morgan fingerprint density at radius 3 is 2.57 bits per heavy atom. The van der Waals surface area contributed by atoms with Gasteiger partial charge in [-0.25, -0.2) is 4.79 Å². The van der Waals surface area contributed by atoms with Crippen LogP contribution in [0, 0.1) is 0 Å². The van der Waals surface area contributed by atoms with E-state index in [0.29, 0.717) is 33.4 Å². The highest BCUT2D eigenvalue weighted by Gasteiger charge is 2.41. The van der Waals surface area contributed by atoms with Gasteiger partial charge in [-0.3, -0.25) is 9.59 Å². The van der Waals surface area contributed by atoms with Crippen LogP contribution in [-0.2, 0) is 22.5 Å². The third-order valence-corrected chi connectivity index (χ3v) is 5.51. The van der Waals surface area contributed by atoms with Gasteiger partial charge in [0.05, 0.1) is 12.1 Å². The van der Waals surface area contributed by atoms with E-state index in [0.717, 1.165) is 0 Å². The number of benzene rings is 2. The number of amides is 1. The second-order valence-electron chi connectivity index (χ2n) is 7.01. The monoisotopic (exact) mass is 406 g/mol. The van der Waals surface area contributed by atoms with Gasteiger partial charge in [0.2, 0.25) is 0 Å². The normalized spacial score (nSPS) is 18.7. The van der Waals surface area contributed by atoms with Gasteiger partial charge in [0.15, 0.2) is 11.6 Å². The molecule has 1 amide bonds. The number of azide groups is 1. The van der Waals surface area contributed by atoms with Crippen LogP contribution in [0.5, 0.6) is 0 Å². The molecule has 152 valence electrons. The van der Waals surface area contributed by atoms with Crippen molar-refractivity contribution in [3.05, 3.63) is 79.7 Å². The zero-order chi connectivity index (χ0) is 21.4. The van der Waals surface area contributed by atoms with Crippen LogP contribution in [0.3, 0.4) is 0 Å². The summed E-state index contributed by atoms with van der Waals surface area (Å²) in [5.41, 5.74) is 12.0. The minimum absolute atomic E-state index is 0.124. The van der Waals surface area contributed by atoms with Gasteiger partial charge < -0.3 is 14.8 Å². The lowest BCUT2D eigenvalue weighted by Gasteiger charge is -2.23. The first-order valence-corrected chi connectivity index (χ1v) is 9.30. The van der Waals surface area contributed by atoms with Crippen LogP contribution in [-0.4, -0.2) is 37.9 Å². The molecule has 0 radical (unpaired) electrons. The molecule has 0 fully saturated rings. The lowest BCUT2D eigenvalue weighted by Crippen LogP contribution is -2.24. The summed E-state index contributed by atoms with van der Waals surface area (Å²) in [4.78, 5) is 41.0. The summed E-state index contributed by atoms with van der Waals surface area (Å²) >= 11 is 0. The maximum absolute atomic E-state index is 13.3. The van der Waals surface area contributed by atoms with E-state index in [2.05, 4.69) is 15.3 Å². The molecule has 4 rings (SSSR count). The molecule has 0 saturated carbocycles. The van der Waals surface area contributed by atoms with Crippen LogP contribution in [0.15, 0.2) is 35.4 Å². The van der Waals surface area contributed by atoms with Crippen molar-refractivity contribution in [2.24, 2.45) is 5.11 Å². The topological polar surface area (TPSA) is 130 Å². The van der Waals surface area contributed by atoms with Gasteiger partial charge in [0.25, 0.3) is 0 Å². The first kappa shape index (κ1) is 19.6. The second kappa shape index (κ2) is 7.62. The fraction of sp³-hybridized carbons (Fsp3) is 0.286. The van der Waals surface area contributed by atoms with Crippen LogP contribution >= 0.6 is 0 Å². The highest BCUT2D eigenvalue weighted by molar-refractivity contribution is 6.29. The average molecular weight is 406 g/mol. The number of hydrogen-bond acceptors (Lipinski definition) is 6. The smallest absolute Gasteiger partial charge is 0.407 e. The predicted octanol–water partition coefficient (Wildman–Crippen LogP) is 3.24. The van der Waals surface area contributed by atoms with Gasteiger partial charge in [-0.05, 0) is 34.7 Å². The maximum Gasteiger partial charge on any atom is 0.407 e. The highest BCUT2D eigenvalue weighted by Crippen LogP contribution is 2.44. The number of nitrogens with one attached hydrogen (secondary N) is 1.